The molecule has 8 heteroatoms. The fourth-order valence-corrected chi connectivity index (χ4v) is 5.03. The molecule has 0 aliphatic carbocycles. The summed E-state index contributed by atoms with van der Waals surface area (Å²) in [6.07, 6.45) is 0.553. The molecule has 1 aromatic carbocycles. The predicted molar refractivity (Wildman–Crippen MR) is 93.7 cm³/mol. The summed E-state index contributed by atoms with van der Waals surface area (Å²) in [6, 6.07) is 5.11. The summed E-state index contributed by atoms with van der Waals surface area (Å²) in [4.78, 5) is 14.6. The molecule has 0 bridgehead atoms. The lowest BCUT2D eigenvalue weighted by molar-refractivity contribution is -0.133. The smallest absolute Gasteiger partial charge is 0.243 e. The quantitative estimate of drug-likeness (QED) is 0.823. The normalized spacial score (nSPS) is 20.2. The second kappa shape index (κ2) is 7.41. The monoisotopic (exact) mass is 367 g/mol. The topological polar surface area (TPSA) is 79.0 Å². The number of ether oxygens (including phenoxy) is 1. The molecule has 1 amide bonds. The average Bonchev–Trinajstić information content (AvgIpc) is 2.66. The van der Waals surface area contributed by atoms with Crippen molar-refractivity contribution in [3.63, 3.8) is 0 Å². The third kappa shape index (κ3) is 3.57. The SMILES string of the molecule is CN[C@@H](C)C(=O)N1CCc2c(cccc2S(=O)(=O)N2CCOCC2)C1. The fraction of sp³-hybridized carbons (Fsp3) is 0.588. The van der Waals surface area contributed by atoms with E-state index in [1.807, 2.05) is 13.0 Å². The van der Waals surface area contributed by atoms with Gasteiger partial charge in [-0.15, -0.1) is 0 Å². The van der Waals surface area contributed by atoms with E-state index in [4.69, 9.17) is 4.74 Å². The lowest BCUT2D eigenvalue weighted by atomic mass is 9.99. The molecule has 1 atom stereocenters. The first kappa shape index (κ1) is 18.3. The van der Waals surface area contributed by atoms with Crippen molar-refractivity contribution in [2.24, 2.45) is 0 Å². The van der Waals surface area contributed by atoms with Crippen molar-refractivity contribution in [1.29, 1.82) is 0 Å². The molecule has 0 unspecified atom stereocenters. The zero-order chi connectivity index (χ0) is 18.0. The van der Waals surface area contributed by atoms with Gasteiger partial charge in [-0.25, -0.2) is 8.42 Å². The molecule has 0 saturated carbocycles. The Morgan fingerprint density at radius 3 is 2.64 bits per heavy atom. The summed E-state index contributed by atoms with van der Waals surface area (Å²) in [5.41, 5.74) is 1.76. The van der Waals surface area contributed by atoms with Crippen molar-refractivity contribution in [3.8, 4) is 0 Å². The van der Waals surface area contributed by atoms with Crippen LogP contribution >= 0.6 is 0 Å². The number of sulfonamides is 1. The molecule has 1 fully saturated rings. The molecule has 7 nitrogen and oxygen atoms in total. The van der Waals surface area contributed by atoms with Gasteiger partial charge in [0, 0.05) is 26.2 Å². The summed E-state index contributed by atoms with van der Waals surface area (Å²) in [7, 11) is -1.77. The van der Waals surface area contributed by atoms with Gasteiger partial charge in [-0.2, -0.15) is 4.31 Å². The molecule has 138 valence electrons. The minimum absolute atomic E-state index is 0.0367. The zero-order valence-electron chi connectivity index (χ0n) is 14.7. The molecule has 1 N–H and O–H groups in total. The summed E-state index contributed by atoms with van der Waals surface area (Å²) in [5, 5.41) is 2.96. The number of fused-ring (bicyclic) bond motifs is 1. The fourth-order valence-electron chi connectivity index (χ4n) is 3.33. The van der Waals surface area contributed by atoms with Crippen LogP contribution in [-0.4, -0.2) is 69.5 Å². The number of carbonyl (C=O) groups is 1. The number of hydrogen-bond donors (Lipinski definition) is 1. The first-order valence-corrected chi connectivity index (χ1v) is 10.0. The van der Waals surface area contributed by atoms with Crippen molar-refractivity contribution in [1.82, 2.24) is 14.5 Å². The highest BCUT2D eigenvalue weighted by molar-refractivity contribution is 7.89. The van der Waals surface area contributed by atoms with Crippen LogP contribution in [0.5, 0.6) is 0 Å². The maximum atomic E-state index is 13.0. The third-order valence-electron chi connectivity index (χ3n) is 4.93. The Hall–Kier alpha value is -1.48. The molecule has 1 aromatic rings. The highest BCUT2D eigenvalue weighted by atomic mass is 32.2. The van der Waals surface area contributed by atoms with E-state index >= 15 is 0 Å². The first-order valence-electron chi connectivity index (χ1n) is 8.60. The molecular formula is C17H25N3O4S. The molecular weight excluding hydrogens is 342 g/mol. The number of nitrogens with zero attached hydrogens (tertiary/aromatic N) is 2. The number of hydrogen-bond acceptors (Lipinski definition) is 5. The highest BCUT2D eigenvalue weighted by Gasteiger charge is 2.32. The van der Waals surface area contributed by atoms with E-state index in [0.717, 1.165) is 11.1 Å². The van der Waals surface area contributed by atoms with Gasteiger partial charge in [0.05, 0.1) is 24.2 Å². The number of morpholine rings is 1. The third-order valence-corrected chi connectivity index (χ3v) is 6.91. The van der Waals surface area contributed by atoms with Crippen LogP contribution in [0.3, 0.4) is 0 Å². The second-order valence-corrected chi connectivity index (χ2v) is 8.34. The van der Waals surface area contributed by atoms with E-state index in [1.54, 1.807) is 24.1 Å². The maximum Gasteiger partial charge on any atom is 0.243 e. The lowest BCUT2D eigenvalue weighted by Gasteiger charge is -2.33. The minimum atomic E-state index is -3.52. The first-order chi connectivity index (χ1) is 11.9. The van der Waals surface area contributed by atoms with Crippen molar-refractivity contribution in [2.75, 3.05) is 39.9 Å². The Balaban J connectivity index is 1.87. The molecule has 1 saturated heterocycles. The summed E-state index contributed by atoms with van der Waals surface area (Å²) >= 11 is 0. The average molecular weight is 367 g/mol. The van der Waals surface area contributed by atoms with E-state index in [9.17, 15) is 13.2 Å². The van der Waals surface area contributed by atoms with Crippen LogP contribution < -0.4 is 5.32 Å². The van der Waals surface area contributed by atoms with E-state index in [0.29, 0.717) is 50.7 Å². The van der Waals surface area contributed by atoms with Crippen LogP contribution in [0.15, 0.2) is 23.1 Å². The summed E-state index contributed by atoms with van der Waals surface area (Å²) in [6.45, 7) is 4.45. The van der Waals surface area contributed by atoms with Crippen LogP contribution in [0.4, 0.5) is 0 Å². The Morgan fingerprint density at radius 2 is 1.96 bits per heavy atom. The molecule has 0 radical (unpaired) electrons. The van der Waals surface area contributed by atoms with Gasteiger partial charge in [0.25, 0.3) is 0 Å². The number of benzene rings is 1. The van der Waals surface area contributed by atoms with Gasteiger partial charge >= 0.3 is 0 Å². The Labute approximate surface area is 149 Å². The van der Waals surface area contributed by atoms with Crippen LogP contribution in [-0.2, 0) is 32.5 Å². The van der Waals surface area contributed by atoms with Crippen LogP contribution in [0, 0.1) is 0 Å². The minimum Gasteiger partial charge on any atom is -0.379 e. The van der Waals surface area contributed by atoms with Crippen LogP contribution in [0.1, 0.15) is 18.1 Å². The van der Waals surface area contributed by atoms with Gasteiger partial charge < -0.3 is 15.0 Å². The van der Waals surface area contributed by atoms with Crippen LogP contribution in [0.25, 0.3) is 0 Å². The van der Waals surface area contributed by atoms with Gasteiger partial charge in [-0.1, -0.05) is 12.1 Å². The van der Waals surface area contributed by atoms with E-state index in [1.165, 1.54) is 4.31 Å². The largest absolute Gasteiger partial charge is 0.379 e. The zero-order valence-corrected chi connectivity index (χ0v) is 15.5. The Kier molecular flexibility index (Phi) is 5.43. The van der Waals surface area contributed by atoms with Crippen LogP contribution in [0.2, 0.25) is 0 Å². The maximum absolute atomic E-state index is 13.0. The number of nitrogens with one attached hydrogen (secondary N) is 1. The van der Waals surface area contributed by atoms with Gasteiger partial charge in [0.15, 0.2) is 0 Å². The summed E-state index contributed by atoms with van der Waals surface area (Å²) in [5.74, 6) is 0.0367. The molecule has 0 spiro atoms. The molecule has 25 heavy (non-hydrogen) atoms. The van der Waals surface area contributed by atoms with Gasteiger partial charge in [0.1, 0.15) is 0 Å². The van der Waals surface area contributed by atoms with Crippen molar-refractivity contribution in [3.05, 3.63) is 29.3 Å². The standard InChI is InChI=1S/C17H25N3O4S/c1-13(18-2)17(21)19-7-6-15-14(12-19)4-3-5-16(15)25(22,23)20-8-10-24-11-9-20/h3-5,13,18H,6-12H2,1-2H3/t13-/m0/s1. The van der Waals surface area contributed by atoms with Crippen molar-refractivity contribution in [2.45, 2.75) is 30.8 Å². The van der Waals surface area contributed by atoms with Crippen molar-refractivity contribution < 1.29 is 17.9 Å². The molecule has 3 rings (SSSR count). The van der Waals surface area contributed by atoms with E-state index in [2.05, 4.69) is 5.32 Å². The number of amides is 1. The highest BCUT2D eigenvalue weighted by Crippen LogP contribution is 2.28. The second-order valence-electron chi connectivity index (χ2n) is 6.43. The number of likely N-dealkylation sites (N-methyl/N-ethyl adjacent to an activating group) is 1. The lowest BCUT2D eigenvalue weighted by Crippen LogP contribution is -2.46. The van der Waals surface area contributed by atoms with Gasteiger partial charge in [-0.05, 0) is 37.6 Å². The summed E-state index contributed by atoms with van der Waals surface area (Å²) < 4.78 is 32.8. The van der Waals surface area contributed by atoms with E-state index < -0.39 is 10.0 Å². The number of carbonyl (C=O) groups excluding carboxylic acids is 1. The molecule has 2 aliphatic rings. The molecule has 2 heterocycles. The number of rotatable bonds is 4. The predicted octanol–water partition coefficient (Wildman–Crippen LogP) is 0.200. The van der Waals surface area contributed by atoms with E-state index in [-0.39, 0.29) is 11.9 Å². The molecule has 0 aromatic heterocycles. The Bertz CT molecular complexity index is 744. The van der Waals surface area contributed by atoms with Crippen molar-refractivity contribution >= 4 is 15.9 Å². The van der Waals surface area contributed by atoms with Gasteiger partial charge in [-0.3, -0.25) is 4.79 Å². The Morgan fingerprint density at radius 1 is 1.24 bits per heavy atom. The molecule has 2 aliphatic heterocycles. The van der Waals surface area contributed by atoms with Gasteiger partial charge in [0.2, 0.25) is 15.9 Å².